The van der Waals surface area contributed by atoms with E-state index in [1.54, 1.807) is 0 Å². The number of aliphatic carboxylic acids is 1. The predicted octanol–water partition coefficient (Wildman–Crippen LogP) is -0.521. The highest BCUT2D eigenvalue weighted by atomic mass is 32.2. The van der Waals surface area contributed by atoms with Crippen LogP contribution in [0.15, 0.2) is 35.5 Å². The Labute approximate surface area is 186 Å². The highest BCUT2D eigenvalue weighted by molar-refractivity contribution is 8.00. The molecule has 2 aliphatic heterocycles. The van der Waals surface area contributed by atoms with Gasteiger partial charge in [0, 0.05) is 23.9 Å². The van der Waals surface area contributed by atoms with Crippen molar-refractivity contribution < 1.29 is 33.8 Å². The van der Waals surface area contributed by atoms with Crippen molar-refractivity contribution in [3.05, 3.63) is 41.1 Å². The maximum Gasteiger partial charge on any atom is 0.352 e. The van der Waals surface area contributed by atoms with Crippen LogP contribution in [-0.4, -0.2) is 63.6 Å². The lowest BCUT2D eigenvalue weighted by Crippen LogP contribution is -2.71. The Morgan fingerprint density at radius 2 is 1.94 bits per heavy atom. The van der Waals surface area contributed by atoms with Crippen LogP contribution in [0.4, 0.5) is 10.5 Å². The molecule has 0 saturated carbocycles. The highest BCUT2D eigenvalue weighted by Gasteiger charge is 2.54. The van der Waals surface area contributed by atoms with Crippen molar-refractivity contribution in [3.63, 3.8) is 0 Å². The molecular weight excluding hydrogens is 442 g/mol. The third-order valence-electron chi connectivity index (χ3n) is 4.82. The van der Waals surface area contributed by atoms with Gasteiger partial charge in [0.2, 0.25) is 5.91 Å². The summed E-state index contributed by atoms with van der Waals surface area (Å²) in [5, 5.41) is 13.9. The molecular formula is C19H21N5O7S. The van der Waals surface area contributed by atoms with Gasteiger partial charge in [0.15, 0.2) is 0 Å². The van der Waals surface area contributed by atoms with Crippen LogP contribution in [0.2, 0.25) is 0 Å². The molecule has 1 fully saturated rings. The number of carboxylic acids is 1. The number of nitrogens with zero attached hydrogens (tertiary/aromatic N) is 1. The second-order valence-electron chi connectivity index (χ2n) is 7.02. The summed E-state index contributed by atoms with van der Waals surface area (Å²) in [4.78, 5) is 60.0. The molecule has 1 aromatic carbocycles. The Morgan fingerprint density at radius 3 is 2.50 bits per heavy atom. The highest BCUT2D eigenvalue weighted by Crippen LogP contribution is 2.40. The fourth-order valence-corrected chi connectivity index (χ4v) is 4.62. The lowest BCUT2D eigenvalue weighted by Gasteiger charge is -2.49. The van der Waals surface area contributed by atoms with E-state index >= 15 is 0 Å². The molecule has 0 aromatic heterocycles. The van der Waals surface area contributed by atoms with Crippen LogP contribution in [-0.2, 0) is 23.9 Å². The number of hydrogen-bond acceptors (Lipinski definition) is 8. The molecule has 170 valence electrons. The first kappa shape index (κ1) is 23.1. The average Bonchev–Trinajstić information content (AvgIpc) is 2.74. The van der Waals surface area contributed by atoms with Gasteiger partial charge in [0.1, 0.15) is 29.8 Å². The number of benzene rings is 1. The molecule has 12 nitrogen and oxygen atoms in total. The van der Waals surface area contributed by atoms with Crippen LogP contribution >= 0.6 is 11.8 Å². The van der Waals surface area contributed by atoms with Crippen LogP contribution in [0.1, 0.15) is 18.5 Å². The van der Waals surface area contributed by atoms with Gasteiger partial charge in [-0.1, -0.05) is 12.1 Å². The van der Waals surface area contributed by atoms with Crippen molar-refractivity contribution in [1.29, 1.82) is 0 Å². The number of rotatable bonds is 7. The van der Waals surface area contributed by atoms with Crippen molar-refractivity contribution in [2.45, 2.75) is 24.4 Å². The van der Waals surface area contributed by atoms with Crippen molar-refractivity contribution in [2.24, 2.45) is 11.5 Å². The quantitative estimate of drug-likeness (QED) is 0.261. The second kappa shape index (κ2) is 9.28. The molecule has 13 heteroatoms. The van der Waals surface area contributed by atoms with Crippen LogP contribution in [0.5, 0.6) is 0 Å². The number of nitrogens with two attached hydrogens (primary N) is 2. The van der Waals surface area contributed by atoms with E-state index in [1.807, 2.05) is 0 Å². The maximum atomic E-state index is 12.6. The molecule has 32 heavy (non-hydrogen) atoms. The summed E-state index contributed by atoms with van der Waals surface area (Å²) in [7, 11) is 0. The zero-order valence-corrected chi connectivity index (χ0v) is 17.7. The van der Waals surface area contributed by atoms with Gasteiger partial charge in [-0.05, 0) is 17.7 Å². The molecule has 0 radical (unpaired) electrons. The Balaban J connectivity index is 1.68. The molecule has 2 aliphatic rings. The van der Waals surface area contributed by atoms with Crippen molar-refractivity contribution in [3.8, 4) is 0 Å². The molecule has 1 saturated heterocycles. The molecule has 4 amide bonds. The van der Waals surface area contributed by atoms with Crippen LogP contribution in [0.25, 0.3) is 0 Å². The number of nitrogens with one attached hydrogen (secondary N) is 2. The Bertz CT molecular complexity index is 1010. The van der Waals surface area contributed by atoms with Gasteiger partial charge < -0.3 is 31.9 Å². The number of esters is 1. The molecule has 0 spiro atoms. The van der Waals surface area contributed by atoms with E-state index in [0.29, 0.717) is 16.8 Å². The van der Waals surface area contributed by atoms with Gasteiger partial charge in [0.05, 0.1) is 0 Å². The summed E-state index contributed by atoms with van der Waals surface area (Å²) in [6, 6.07) is 3.34. The number of thioether (sulfide) groups is 1. The minimum Gasteiger partial charge on any atom is -0.477 e. The molecule has 3 atom stereocenters. The zero-order chi connectivity index (χ0) is 23.6. The number of urea groups is 1. The van der Waals surface area contributed by atoms with E-state index < -0.39 is 47.2 Å². The number of carboxylic acid groups (broad SMARTS) is 1. The SMILES string of the molecule is CC(=O)OCC1=C(C(=O)O)N2C(=O)C(NC(=O)C(N)c3ccc(NC(N)=O)cc3)[C@H]2SC1. The number of ether oxygens (including phenoxy) is 1. The van der Waals surface area contributed by atoms with E-state index in [-0.39, 0.29) is 18.1 Å². The predicted molar refractivity (Wildman–Crippen MR) is 113 cm³/mol. The fourth-order valence-electron chi connectivity index (χ4n) is 3.29. The molecule has 2 heterocycles. The fraction of sp³-hybridized carbons (Fsp3) is 0.316. The van der Waals surface area contributed by atoms with E-state index in [1.165, 1.54) is 43.0 Å². The summed E-state index contributed by atoms with van der Waals surface area (Å²) < 4.78 is 4.88. The van der Waals surface area contributed by atoms with Crippen LogP contribution < -0.4 is 22.1 Å². The topological polar surface area (TPSA) is 194 Å². The van der Waals surface area contributed by atoms with Gasteiger partial charge in [-0.25, -0.2) is 9.59 Å². The van der Waals surface area contributed by atoms with E-state index in [9.17, 15) is 29.1 Å². The smallest absolute Gasteiger partial charge is 0.352 e. The Hall–Kier alpha value is -3.58. The minimum absolute atomic E-state index is 0.218. The van der Waals surface area contributed by atoms with Gasteiger partial charge in [0.25, 0.3) is 5.91 Å². The standard InChI is InChI=1S/C19H21N5O7S/c1-8(25)31-6-10-7-32-17-13(16(27)24(17)14(10)18(28)29)23-15(26)12(20)9-2-4-11(5-3-9)22-19(21)30/h2-5,12-13,17H,6-7,20H2,1H3,(H,23,26)(H,28,29)(H3,21,22,30)/t12?,13?,17-/m1/s1. The molecule has 0 aliphatic carbocycles. The number of β-lactam (4-membered cyclic amide) rings is 1. The largest absolute Gasteiger partial charge is 0.477 e. The number of anilines is 1. The van der Waals surface area contributed by atoms with Gasteiger partial charge in [-0.3, -0.25) is 19.3 Å². The van der Waals surface area contributed by atoms with Gasteiger partial charge in [-0.15, -0.1) is 11.8 Å². The number of fused-ring (bicyclic) bond motifs is 1. The number of carbonyl (C=O) groups is 5. The van der Waals surface area contributed by atoms with E-state index in [2.05, 4.69) is 10.6 Å². The average molecular weight is 463 g/mol. The summed E-state index contributed by atoms with van der Waals surface area (Å²) in [6.07, 6.45) is 0. The van der Waals surface area contributed by atoms with Crippen LogP contribution in [0, 0.1) is 0 Å². The molecule has 7 N–H and O–H groups in total. The number of carbonyl (C=O) groups excluding carboxylic acids is 4. The van der Waals surface area contributed by atoms with Crippen LogP contribution in [0.3, 0.4) is 0 Å². The zero-order valence-electron chi connectivity index (χ0n) is 16.9. The maximum absolute atomic E-state index is 12.6. The van der Waals surface area contributed by atoms with Gasteiger partial charge in [-0.2, -0.15) is 0 Å². The second-order valence-corrected chi connectivity index (χ2v) is 8.13. The third kappa shape index (κ3) is 4.68. The summed E-state index contributed by atoms with van der Waals surface area (Å²) >= 11 is 1.25. The number of amides is 4. The molecule has 3 rings (SSSR count). The number of primary amides is 1. The summed E-state index contributed by atoms with van der Waals surface area (Å²) in [5.74, 6) is -2.89. The lowest BCUT2D eigenvalue weighted by atomic mass is 10.0. The number of hydrogen-bond donors (Lipinski definition) is 5. The first-order chi connectivity index (χ1) is 15.1. The van der Waals surface area contributed by atoms with E-state index in [0.717, 1.165) is 4.90 Å². The van der Waals surface area contributed by atoms with Crippen molar-refractivity contribution in [2.75, 3.05) is 17.7 Å². The normalized spacial score (nSPS) is 20.6. The van der Waals surface area contributed by atoms with Gasteiger partial charge >= 0.3 is 18.0 Å². The summed E-state index contributed by atoms with van der Waals surface area (Å²) in [6.45, 7) is 0.966. The van der Waals surface area contributed by atoms with E-state index in [4.69, 9.17) is 16.2 Å². The summed E-state index contributed by atoms with van der Waals surface area (Å²) in [5.41, 5.74) is 11.9. The molecule has 0 bridgehead atoms. The van der Waals surface area contributed by atoms with Crippen molar-refractivity contribution >= 4 is 47.2 Å². The Morgan fingerprint density at radius 1 is 1.28 bits per heavy atom. The monoisotopic (exact) mass is 463 g/mol. The minimum atomic E-state index is -1.32. The molecule has 1 aromatic rings. The Kier molecular flexibility index (Phi) is 6.69. The first-order valence-corrected chi connectivity index (χ1v) is 10.4. The third-order valence-corrected chi connectivity index (χ3v) is 6.16. The first-order valence-electron chi connectivity index (χ1n) is 9.36. The lowest BCUT2D eigenvalue weighted by molar-refractivity contribution is -0.151. The molecule has 2 unspecified atom stereocenters. The van der Waals surface area contributed by atoms with Crippen molar-refractivity contribution in [1.82, 2.24) is 10.2 Å².